The molecule has 0 bridgehead atoms. The highest BCUT2D eigenvalue weighted by Crippen LogP contribution is 2.20. The Kier molecular flexibility index (Phi) is 4.97. The first-order valence-electron chi connectivity index (χ1n) is 7.55. The lowest BCUT2D eigenvalue weighted by molar-refractivity contribution is -0.129. The van der Waals surface area contributed by atoms with Crippen molar-refractivity contribution in [1.29, 1.82) is 0 Å². The number of carbonyl (C=O) groups is 2. The Bertz CT molecular complexity index is 660. The Labute approximate surface area is 138 Å². The lowest BCUT2D eigenvalue weighted by Crippen LogP contribution is -2.34. The van der Waals surface area contributed by atoms with Crippen molar-refractivity contribution in [2.45, 2.75) is 19.4 Å². The predicted molar refractivity (Wildman–Crippen MR) is 86.6 cm³/mol. The number of thiazole rings is 1. The van der Waals surface area contributed by atoms with Gasteiger partial charge in [0.25, 0.3) is 0 Å². The summed E-state index contributed by atoms with van der Waals surface area (Å²) < 4.78 is 0. The van der Waals surface area contributed by atoms with Crippen molar-refractivity contribution in [1.82, 2.24) is 20.2 Å². The van der Waals surface area contributed by atoms with Gasteiger partial charge in [0.1, 0.15) is 0 Å². The monoisotopic (exact) mass is 330 g/mol. The molecule has 23 heavy (non-hydrogen) atoms. The van der Waals surface area contributed by atoms with E-state index in [9.17, 15) is 9.59 Å². The fraction of sp³-hybridized carbons (Fsp3) is 0.375. The molecule has 0 spiro atoms. The van der Waals surface area contributed by atoms with Crippen LogP contribution in [0.5, 0.6) is 0 Å². The standard InChI is InChI=1S/C16H18N4O2S/c21-15-8-13(11-20(15)10-12-2-1-4-17-9-12)16(22)19-5-3-14-18-6-7-23-14/h1-2,4,6-7,9,13H,3,5,8,10-11H2,(H,19,22)/t13-/m1/s1. The molecule has 0 saturated carbocycles. The number of rotatable bonds is 6. The molecule has 1 fully saturated rings. The van der Waals surface area contributed by atoms with Crippen LogP contribution in [0.4, 0.5) is 0 Å². The van der Waals surface area contributed by atoms with Crippen molar-refractivity contribution in [2.24, 2.45) is 5.92 Å². The molecule has 2 amide bonds. The fourth-order valence-corrected chi connectivity index (χ4v) is 3.25. The van der Waals surface area contributed by atoms with Gasteiger partial charge in [-0.25, -0.2) is 4.98 Å². The molecule has 6 nitrogen and oxygen atoms in total. The van der Waals surface area contributed by atoms with Crippen molar-refractivity contribution >= 4 is 23.2 Å². The molecule has 3 rings (SSSR count). The molecule has 2 aromatic rings. The van der Waals surface area contributed by atoms with E-state index in [1.54, 1.807) is 34.8 Å². The molecule has 0 aromatic carbocycles. The average molecular weight is 330 g/mol. The van der Waals surface area contributed by atoms with Crippen molar-refractivity contribution in [3.05, 3.63) is 46.7 Å². The van der Waals surface area contributed by atoms with Gasteiger partial charge >= 0.3 is 0 Å². The molecule has 3 heterocycles. The van der Waals surface area contributed by atoms with Gasteiger partial charge in [-0.2, -0.15) is 0 Å². The van der Waals surface area contributed by atoms with E-state index in [4.69, 9.17) is 0 Å². The maximum atomic E-state index is 12.2. The summed E-state index contributed by atoms with van der Waals surface area (Å²) in [6, 6.07) is 3.78. The number of aromatic nitrogens is 2. The highest BCUT2D eigenvalue weighted by Gasteiger charge is 2.34. The minimum atomic E-state index is -0.268. The molecular weight excluding hydrogens is 312 g/mol. The Hall–Kier alpha value is -2.28. The van der Waals surface area contributed by atoms with Crippen molar-refractivity contribution < 1.29 is 9.59 Å². The number of nitrogens with zero attached hydrogens (tertiary/aromatic N) is 3. The van der Waals surface area contributed by atoms with Gasteiger partial charge in [0, 0.05) is 56.4 Å². The first kappa shape index (κ1) is 15.6. The van der Waals surface area contributed by atoms with Gasteiger partial charge in [0.2, 0.25) is 11.8 Å². The summed E-state index contributed by atoms with van der Waals surface area (Å²) >= 11 is 1.58. The second-order valence-corrected chi connectivity index (χ2v) is 6.48. The Morgan fingerprint density at radius 1 is 1.43 bits per heavy atom. The zero-order valence-electron chi connectivity index (χ0n) is 12.6. The van der Waals surface area contributed by atoms with Crippen LogP contribution in [-0.2, 0) is 22.6 Å². The van der Waals surface area contributed by atoms with Gasteiger partial charge in [0.05, 0.1) is 10.9 Å². The minimum absolute atomic E-state index is 0.0222. The Balaban J connectivity index is 1.47. The first-order chi connectivity index (χ1) is 11.2. The molecule has 1 N–H and O–H groups in total. The Morgan fingerprint density at radius 2 is 2.35 bits per heavy atom. The van der Waals surface area contributed by atoms with Gasteiger partial charge in [-0.3, -0.25) is 14.6 Å². The van der Waals surface area contributed by atoms with E-state index in [-0.39, 0.29) is 24.2 Å². The number of hydrogen-bond donors (Lipinski definition) is 1. The van der Waals surface area contributed by atoms with Crippen LogP contribution in [0.15, 0.2) is 36.1 Å². The summed E-state index contributed by atoms with van der Waals surface area (Å²) in [5.41, 5.74) is 0.977. The van der Waals surface area contributed by atoms with Gasteiger partial charge in [-0.05, 0) is 11.6 Å². The van der Waals surface area contributed by atoms with Crippen LogP contribution in [-0.4, -0.2) is 39.8 Å². The molecule has 1 aliphatic rings. The fourth-order valence-electron chi connectivity index (χ4n) is 2.63. The molecule has 1 aliphatic heterocycles. The predicted octanol–water partition coefficient (Wildman–Crippen LogP) is 1.25. The van der Waals surface area contributed by atoms with Crippen LogP contribution < -0.4 is 5.32 Å². The summed E-state index contributed by atoms with van der Waals surface area (Å²) in [7, 11) is 0. The minimum Gasteiger partial charge on any atom is -0.355 e. The number of hydrogen-bond acceptors (Lipinski definition) is 5. The quantitative estimate of drug-likeness (QED) is 0.865. The molecule has 1 saturated heterocycles. The topological polar surface area (TPSA) is 75.2 Å². The van der Waals surface area contributed by atoms with Gasteiger partial charge in [-0.1, -0.05) is 6.07 Å². The van der Waals surface area contributed by atoms with Crippen molar-refractivity contribution in [2.75, 3.05) is 13.1 Å². The summed E-state index contributed by atoms with van der Waals surface area (Å²) in [4.78, 5) is 34.2. The molecule has 2 aromatic heterocycles. The SMILES string of the molecule is O=C(NCCc1nccs1)[C@@H]1CC(=O)N(Cc2cccnc2)C1. The molecule has 0 unspecified atom stereocenters. The van der Waals surface area contributed by atoms with Crippen LogP contribution in [0.3, 0.4) is 0 Å². The molecule has 7 heteroatoms. The molecule has 1 atom stereocenters. The van der Waals surface area contributed by atoms with E-state index in [0.29, 0.717) is 19.6 Å². The van der Waals surface area contributed by atoms with E-state index in [2.05, 4.69) is 15.3 Å². The molecule has 0 aliphatic carbocycles. The number of likely N-dealkylation sites (tertiary alicyclic amines) is 1. The molecule has 0 radical (unpaired) electrons. The number of amides is 2. The third-order valence-corrected chi connectivity index (χ3v) is 4.64. The van der Waals surface area contributed by atoms with Crippen LogP contribution in [0.25, 0.3) is 0 Å². The second-order valence-electron chi connectivity index (χ2n) is 5.50. The summed E-state index contributed by atoms with van der Waals surface area (Å²) in [6.45, 7) is 1.53. The number of pyridine rings is 1. The van der Waals surface area contributed by atoms with Crippen molar-refractivity contribution in [3.8, 4) is 0 Å². The zero-order valence-corrected chi connectivity index (χ0v) is 13.5. The largest absolute Gasteiger partial charge is 0.355 e. The summed E-state index contributed by atoms with van der Waals surface area (Å²) in [5.74, 6) is -0.298. The van der Waals surface area contributed by atoms with Crippen LogP contribution in [0.2, 0.25) is 0 Å². The molecular formula is C16H18N4O2S. The normalized spacial score (nSPS) is 17.5. The third kappa shape index (κ3) is 4.13. The van der Waals surface area contributed by atoms with Crippen LogP contribution in [0, 0.1) is 5.92 Å². The zero-order chi connectivity index (χ0) is 16.1. The number of carbonyl (C=O) groups excluding carboxylic acids is 2. The summed E-state index contributed by atoms with van der Waals surface area (Å²) in [6.07, 6.45) is 6.21. The van der Waals surface area contributed by atoms with Gasteiger partial charge in [-0.15, -0.1) is 11.3 Å². The van der Waals surface area contributed by atoms with Crippen molar-refractivity contribution in [3.63, 3.8) is 0 Å². The van der Waals surface area contributed by atoms with Crippen LogP contribution in [0.1, 0.15) is 17.0 Å². The van der Waals surface area contributed by atoms with E-state index in [0.717, 1.165) is 17.0 Å². The lowest BCUT2D eigenvalue weighted by atomic mass is 10.1. The first-order valence-corrected chi connectivity index (χ1v) is 8.43. The maximum absolute atomic E-state index is 12.2. The van der Waals surface area contributed by atoms with E-state index in [1.165, 1.54) is 0 Å². The second kappa shape index (κ2) is 7.32. The average Bonchev–Trinajstić information content (AvgIpc) is 3.19. The van der Waals surface area contributed by atoms with Gasteiger partial charge < -0.3 is 10.2 Å². The maximum Gasteiger partial charge on any atom is 0.225 e. The van der Waals surface area contributed by atoms with E-state index in [1.807, 2.05) is 17.5 Å². The highest BCUT2D eigenvalue weighted by molar-refractivity contribution is 7.09. The van der Waals surface area contributed by atoms with E-state index < -0.39 is 0 Å². The van der Waals surface area contributed by atoms with E-state index >= 15 is 0 Å². The smallest absolute Gasteiger partial charge is 0.225 e. The highest BCUT2D eigenvalue weighted by atomic mass is 32.1. The number of nitrogens with one attached hydrogen (secondary N) is 1. The Morgan fingerprint density at radius 3 is 3.09 bits per heavy atom. The van der Waals surface area contributed by atoms with Crippen LogP contribution >= 0.6 is 11.3 Å². The lowest BCUT2D eigenvalue weighted by Gasteiger charge is -2.16. The summed E-state index contributed by atoms with van der Waals surface area (Å²) in [5, 5.41) is 5.83. The van der Waals surface area contributed by atoms with Gasteiger partial charge in [0.15, 0.2) is 0 Å². The third-order valence-electron chi connectivity index (χ3n) is 3.80. The molecule has 120 valence electrons.